The molecule has 1 N–H and O–H groups in total. The Morgan fingerprint density at radius 1 is 0.437 bits per heavy atom. The second-order valence-electron chi connectivity index (χ2n) is 22.1. The maximum atomic E-state index is 12.8. The molecule has 0 aromatic carbocycles. The van der Waals surface area contributed by atoms with Crippen molar-refractivity contribution in [3.63, 3.8) is 0 Å². The van der Waals surface area contributed by atoms with Crippen LogP contribution in [-0.4, -0.2) is 74.9 Å². The van der Waals surface area contributed by atoms with Crippen molar-refractivity contribution in [1.82, 2.24) is 0 Å². The van der Waals surface area contributed by atoms with Crippen molar-refractivity contribution < 1.29 is 42.1 Å². The number of nitrogens with zero attached hydrogens (tertiary/aromatic N) is 1. The highest BCUT2D eigenvalue weighted by molar-refractivity contribution is 7.47. The number of esters is 2. The summed E-state index contributed by atoms with van der Waals surface area (Å²) in [5.74, 6) is -0.782. The molecule has 0 aromatic rings. The Kier molecular flexibility index (Phi) is 52.2. The summed E-state index contributed by atoms with van der Waals surface area (Å²) < 4.78 is 34.6. The van der Waals surface area contributed by atoms with Crippen LogP contribution in [-0.2, 0) is 32.7 Å². The predicted octanol–water partition coefficient (Wildman–Crippen LogP) is 19.0. The van der Waals surface area contributed by atoms with Crippen LogP contribution in [0.4, 0.5) is 0 Å². The molecule has 0 saturated carbocycles. The molecule has 71 heavy (non-hydrogen) atoms. The molecule has 0 radical (unpaired) electrons. The second kappa shape index (κ2) is 53.3. The summed E-state index contributed by atoms with van der Waals surface area (Å²) in [4.78, 5) is 35.7. The maximum Gasteiger partial charge on any atom is 0.472 e. The van der Waals surface area contributed by atoms with Gasteiger partial charge >= 0.3 is 19.8 Å². The van der Waals surface area contributed by atoms with Crippen LogP contribution in [0.3, 0.4) is 0 Å². The van der Waals surface area contributed by atoms with Crippen molar-refractivity contribution in [3.05, 3.63) is 24.3 Å². The van der Waals surface area contributed by atoms with Gasteiger partial charge in [0.2, 0.25) is 0 Å². The highest BCUT2D eigenvalue weighted by Crippen LogP contribution is 2.43. The zero-order valence-electron chi connectivity index (χ0n) is 47.7. The molecule has 0 saturated heterocycles. The minimum Gasteiger partial charge on any atom is -0.462 e. The highest BCUT2D eigenvalue weighted by Gasteiger charge is 2.27. The van der Waals surface area contributed by atoms with E-state index in [1.54, 1.807) is 0 Å². The number of phosphoric acid groups is 1. The largest absolute Gasteiger partial charge is 0.472 e. The predicted molar refractivity (Wildman–Crippen MR) is 303 cm³/mol. The molecule has 0 aromatic heterocycles. The highest BCUT2D eigenvalue weighted by atomic mass is 31.2. The fraction of sp³-hybridized carbons (Fsp3) is 0.902. The van der Waals surface area contributed by atoms with Crippen LogP contribution in [0.25, 0.3) is 0 Å². The molecule has 9 nitrogen and oxygen atoms in total. The number of hydrogen-bond donors (Lipinski definition) is 1. The summed E-state index contributed by atoms with van der Waals surface area (Å²) in [6.45, 7) is 4.48. The fourth-order valence-corrected chi connectivity index (χ4v) is 9.73. The number of phosphoric ester groups is 1. The van der Waals surface area contributed by atoms with Crippen LogP contribution in [0, 0.1) is 0 Å². The van der Waals surface area contributed by atoms with Gasteiger partial charge in [0.25, 0.3) is 0 Å². The van der Waals surface area contributed by atoms with Crippen LogP contribution in [0.2, 0.25) is 0 Å². The Labute approximate surface area is 440 Å². The van der Waals surface area contributed by atoms with Crippen molar-refractivity contribution in [3.8, 4) is 0 Å². The first-order valence-corrected chi connectivity index (χ1v) is 32.1. The van der Waals surface area contributed by atoms with E-state index >= 15 is 0 Å². The first-order valence-electron chi connectivity index (χ1n) is 30.6. The normalized spacial score (nSPS) is 13.4. The molecule has 2 unspecified atom stereocenters. The first-order chi connectivity index (χ1) is 34.5. The molecule has 0 rings (SSSR count). The molecule has 10 heteroatoms. The van der Waals surface area contributed by atoms with Crippen LogP contribution in [0.15, 0.2) is 24.3 Å². The Morgan fingerprint density at radius 3 is 1.11 bits per heavy atom. The monoisotopic (exact) mass is 1020 g/mol. The molecule has 2 atom stereocenters. The number of quaternary nitrogens is 1. The molecule has 0 fully saturated rings. The van der Waals surface area contributed by atoms with E-state index in [0.717, 1.165) is 38.5 Å². The Balaban J connectivity index is 4.10. The van der Waals surface area contributed by atoms with E-state index in [0.29, 0.717) is 23.9 Å². The Morgan fingerprint density at radius 2 is 0.761 bits per heavy atom. The summed E-state index contributed by atoms with van der Waals surface area (Å²) in [7, 11) is 1.49. The van der Waals surface area contributed by atoms with E-state index in [2.05, 4.69) is 38.2 Å². The zero-order chi connectivity index (χ0) is 52.0. The molecule has 420 valence electrons. The standard InChI is InChI=1S/C61H118NO8P/c1-6-8-10-12-14-16-18-20-22-24-26-28-30-32-33-35-37-39-41-43-45-47-49-51-53-60(63)67-57-59(58-69-71(65,66)68-56-55-62(3,4)5)70-61(64)54-52-50-48-46-44-42-40-38-36-34-31-29-27-25-23-21-19-17-15-13-11-9-7-2/h19,21,25,27,59H,6-18,20,22-24,26,28-58H2,1-5H3/p+1/b21-19-,27-25-. The number of allylic oxidation sites excluding steroid dienone is 4. The van der Waals surface area contributed by atoms with Crippen LogP contribution in [0.5, 0.6) is 0 Å². The van der Waals surface area contributed by atoms with Crippen LogP contribution < -0.4 is 0 Å². The van der Waals surface area contributed by atoms with E-state index in [-0.39, 0.29) is 25.6 Å². The minimum absolute atomic E-state index is 0.0340. The van der Waals surface area contributed by atoms with E-state index < -0.39 is 26.5 Å². The molecule has 0 amide bonds. The minimum atomic E-state index is -4.38. The van der Waals surface area contributed by atoms with E-state index in [1.165, 1.54) is 231 Å². The maximum absolute atomic E-state index is 12.8. The number of likely N-dealkylation sites (N-methyl/N-ethyl adjacent to an activating group) is 1. The van der Waals surface area contributed by atoms with Gasteiger partial charge < -0.3 is 18.9 Å². The lowest BCUT2D eigenvalue weighted by Gasteiger charge is -2.24. The Hall–Kier alpha value is -1.51. The second-order valence-corrected chi connectivity index (χ2v) is 23.6. The topological polar surface area (TPSA) is 108 Å². The van der Waals surface area contributed by atoms with Gasteiger partial charge in [-0.15, -0.1) is 0 Å². The molecule has 0 heterocycles. The molecule has 0 bridgehead atoms. The number of unbranched alkanes of at least 4 members (excludes halogenated alkanes) is 39. The van der Waals surface area contributed by atoms with E-state index in [9.17, 15) is 19.0 Å². The zero-order valence-corrected chi connectivity index (χ0v) is 48.6. The lowest BCUT2D eigenvalue weighted by Crippen LogP contribution is -2.37. The lowest BCUT2D eigenvalue weighted by atomic mass is 10.0. The molecule has 0 spiro atoms. The van der Waals surface area contributed by atoms with Gasteiger partial charge in [-0.05, 0) is 44.9 Å². The lowest BCUT2D eigenvalue weighted by molar-refractivity contribution is -0.870. The number of ether oxygens (including phenoxy) is 2. The summed E-state index contributed by atoms with van der Waals surface area (Å²) in [6, 6.07) is 0. The van der Waals surface area contributed by atoms with Crippen molar-refractivity contribution in [2.75, 3.05) is 47.5 Å². The molecular formula is C61H119NO8P+. The van der Waals surface area contributed by atoms with Crippen molar-refractivity contribution >= 4 is 19.8 Å². The summed E-state index contributed by atoms with van der Waals surface area (Å²) in [6.07, 6.45) is 63.9. The average Bonchev–Trinajstić information content (AvgIpc) is 3.33. The van der Waals surface area contributed by atoms with Gasteiger partial charge in [0, 0.05) is 12.8 Å². The quantitative estimate of drug-likeness (QED) is 0.0211. The molecule has 0 aliphatic rings. The summed E-state index contributed by atoms with van der Waals surface area (Å²) in [5.41, 5.74) is 0. The molecular weight excluding hydrogens is 906 g/mol. The van der Waals surface area contributed by atoms with Crippen molar-refractivity contribution in [1.29, 1.82) is 0 Å². The van der Waals surface area contributed by atoms with Gasteiger partial charge in [0.1, 0.15) is 19.8 Å². The van der Waals surface area contributed by atoms with Crippen LogP contribution >= 0.6 is 7.82 Å². The third kappa shape index (κ3) is 57.6. The van der Waals surface area contributed by atoms with Gasteiger partial charge in [-0.2, -0.15) is 0 Å². The number of carbonyl (C=O) groups excluding carboxylic acids is 2. The average molecular weight is 1030 g/mol. The van der Waals surface area contributed by atoms with Crippen LogP contribution in [0.1, 0.15) is 303 Å². The molecule has 0 aliphatic heterocycles. The fourth-order valence-electron chi connectivity index (χ4n) is 8.99. The Bertz CT molecular complexity index is 1250. The van der Waals surface area contributed by atoms with E-state index in [1.807, 2.05) is 21.1 Å². The van der Waals surface area contributed by atoms with Gasteiger partial charge in [-0.3, -0.25) is 18.6 Å². The molecule has 0 aliphatic carbocycles. The smallest absolute Gasteiger partial charge is 0.462 e. The number of hydrogen-bond acceptors (Lipinski definition) is 7. The van der Waals surface area contributed by atoms with Gasteiger partial charge in [-0.25, -0.2) is 4.57 Å². The van der Waals surface area contributed by atoms with Crippen molar-refractivity contribution in [2.45, 2.75) is 309 Å². The third-order valence-corrected chi connectivity index (χ3v) is 14.7. The van der Waals surface area contributed by atoms with Gasteiger partial charge in [-0.1, -0.05) is 269 Å². The summed E-state index contributed by atoms with van der Waals surface area (Å²) in [5, 5.41) is 0. The number of rotatable bonds is 57. The van der Waals surface area contributed by atoms with Gasteiger partial charge in [0.05, 0.1) is 27.7 Å². The SMILES string of the molecule is CCCCCCC/C=C\C/C=C\CCCCCCCCCCCCCC(=O)OC(COC(=O)CCCCCCCCCCCCCCCCCCCCCCCCCC)COP(=O)(O)OCC[N+](C)(C)C. The summed E-state index contributed by atoms with van der Waals surface area (Å²) >= 11 is 0. The van der Waals surface area contributed by atoms with Gasteiger partial charge in [0.15, 0.2) is 6.10 Å². The van der Waals surface area contributed by atoms with Crippen molar-refractivity contribution in [2.24, 2.45) is 0 Å². The third-order valence-electron chi connectivity index (χ3n) is 13.7. The van der Waals surface area contributed by atoms with E-state index in [4.69, 9.17) is 18.5 Å². The number of carbonyl (C=O) groups is 2. The first kappa shape index (κ1) is 69.5.